The summed E-state index contributed by atoms with van der Waals surface area (Å²) in [7, 11) is 0. The van der Waals surface area contributed by atoms with Crippen LogP contribution in [0.25, 0.3) is 0 Å². The molecule has 3 rings (SSSR count). The lowest BCUT2D eigenvalue weighted by atomic mass is 9.64. The van der Waals surface area contributed by atoms with E-state index < -0.39 is 11.3 Å². The number of hydrogen-bond donors (Lipinski definition) is 0. The summed E-state index contributed by atoms with van der Waals surface area (Å²) in [6, 6.07) is 5.72. The first-order valence-electron chi connectivity index (χ1n) is 9.75. The average Bonchev–Trinajstić information content (AvgIpc) is 2.64. The Hall–Kier alpha value is -3.18. The number of nitriles is 1. The molecule has 0 radical (unpaired) electrons. The van der Waals surface area contributed by atoms with Crippen molar-refractivity contribution in [1.29, 1.82) is 5.26 Å². The molecule has 0 aromatic heterocycles. The molecule has 1 aromatic rings. The van der Waals surface area contributed by atoms with Gasteiger partial charge in [-0.2, -0.15) is 5.26 Å². The fourth-order valence-corrected chi connectivity index (χ4v) is 4.53. The minimum absolute atomic E-state index is 0.0665. The van der Waals surface area contributed by atoms with E-state index in [1.54, 1.807) is 13.1 Å². The van der Waals surface area contributed by atoms with Gasteiger partial charge in [0, 0.05) is 36.6 Å². The van der Waals surface area contributed by atoms with Crippen molar-refractivity contribution < 1.29 is 14.4 Å². The third-order valence-corrected chi connectivity index (χ3v) is 5.86. The molecule has 1 saturated carbocycles. The van der Waals surface area contributed by atoms with E-state index in [2.05, 4.69) is 11.8 Å². The van der Waals surface area contributed by atoms with Gasteiger partial charge in [0.25, 0.3) is 0 Å². The Kier molecular flexibility index (Phi) is 5.71. The Morgan fingerprint density at radius 2 is 1.83 bits per heavy atom. The highest BCUT2D eigenvalue weighted by atomic mass is 16.2. The van der Waals surface area contributed by atoms with Crippen LogP contribution in [-0.4, -0.2) is 28.9 Å². The van der Waals surface area contributed by atoms with Crippen molar-refractivity contribution in [2.45, 2.75) is 52.4 Å². The van der Waals surface area contributed by atoms with Gasteiger partial charge in [0.05, 0.1) is 6.07 Å². The molecule has 0 unspecified atom stereocenters. The molecular weight excluding hydrogens is 364 g/mol. The van der Waals surface area contributed by atoms with Crippen molar-refractivity contribution in [3.05, 3.63) is 46.7 Å². The number of Topliss-reactive ketones (excluding diaryl/α,β-unsaturated/α-hetero) is 2. The Morgan fingerprint density at radius 1 is 1.21 bits per heavy atom. The number of nitrogens with zero attached hydrogens (tertiary/aromatic N) is 2. The topological polar surface area (TPSA) is 78.2 Å². The summed E-state index contributed by atoms with van der Waals surface area (Å²) >= 11 is 0. The van der Waals surface area contributed by atoms with Crippen molar-refractivity contribution >= 4 is 17.5 Å². The number of carbonyl (C=O) groups excluding carboxylic acids is 3. The molecule has 29 heavy (non-hydrogen) atoms. The van der Waals surface area contributed by atoms with Crippen LogP contribution in [0.4, 0.5) is 0 Å². The van der Waals surface area contributed by atoms with Crippen LogP contribution in [0.15, 0.2) is 24.4 Å². The minimum Gasteiger partial charge on any atom is -0.318 e. The zero-order chi connectivity index (χ0) is 21.2. The van der Waals surface area contributed by atoms with Crippen molar-refractivity contribution in [1.82, 2.24) is 4.90 Å². The Balaban J connectivity index is 1.85. The molecule has 0 bridgehead atoms. The van der Waals surface area contributed by atoms with Gasteiger partial charge in [0.1, 0.15) is 23.9 Å². The van der Waals surface area contributed by atoms with Crippen LogP contribution >= 0.6 is 0 Å². The molecular formula is C24H24N2O3. The smallest absolute Gasteiger partial charge is 0.240 e. The van der Waals surface area contributed by atoms with Crippen molar-refractivity contribution in [2.24, 2.45) is 5.41 Å². The van der Waals surface area contributed by atoms with Crippen molar-refractivity contribution in [3.8, 4) is 17.9 Å². The highest BCUT2D eigenvalue weighted by molar-refractivity contribution is 6.11. The molecule has 1 aliphatic carbocycles. The van der Waals surface area contributed by atoms with Gasteiger partial charge < -0.3 is 4.90 Å². The van der Waals surface area contributed by atoms with E-state index in [-0.39, 0.29) is 36.7 Å². The Labute approximate surface area is 171 Å². The van der Waals surface area contributed by atoms with Crippen LogP contribution in [-0.2, 0) is 14.4 Å². The summed E-state index contributed by atoms with van der Waals surface area (Å²) in [6.07, 6.45) is 4.41. The van der Waals surface area contributed by atoms with Gasteiger partial charge in [-0.25, -0.2) is 0 Å². The fraction of sp³-hybridized carbons (Fsp3) is 0.417. The summed E-state index contributed by atoms with van der Waals surface area (Å²) in [4.78, 5) is 39.6. The maximum atomic E-state index is 13.1. The van der Waals surface area contributed by atoms with E-state index >= 15 is 0 Å². The summed E-state index contributed by atoms with van der Waals surface area (Å²) in [5.74, 6) is 4.79. The van der Waals surface area contributed by atoms with Crippen LogP contribution in [0.3, 0.4) is 0 Å². The van der Waals surface area contributed by atoms with Crippen LogP contribution in [0.5, 0.6) is 0 Å². The summed E-state index contributed by atoms with van der Waals surface area (Å²) in [6.45, 7) is 6.05. The van der Waals surface area contributed by atoms with Crippen LogP contribution < -0.4 is 0 Å². The number of carbonyl (C=O) groups is 3. The molecule has 148 valence electrons. The van der Waals surface area contributed by atoms with Crippen molar-refractivity contribution in [2.75, 3.05) is 6.54 Å². The molecule has 1 amide bonds. The molecule has 1 spiro atoms. The first-order valence-corrected chi connectivity index (χ1v) is 9.75. The van der Waals surface area contributed by atoms with E-state index in [4.69, 9.17) is 5.26 Å². The monoisotopic (exact) mass is 388 g/mol. The number of allylic oxidation sites excluding steroid dienone is 1. The first-order chi connectivity index (χ1) is 13.8. The Bertz CT molecular complexity index is 976. The number of ketones is 2. The normalized spacial score (nSPS) is 23.5. The Morgan fingerprint density at radius 3 is 2.31 bits per heavy atom. The van der Waals surface area contributed by atoms with Gasteiger partial charge in [-0.3, -0.25) is 14.4 Å². The predicted molar refractivity (Wildman–Crippen MR) is 109 cm³/mol. The molecule has 0 saturated heterocycles. The highest BCUT2D eigenvalue weighted by Gasteiger charge is 2.46. The molecule has 1 fully saturated rings. The van der Waals surface area contributed by atoms with Gasteiger partial charge in [0.15, 0.2) is 0 Å². The average molecular weight is 388 g/mol. The summed E-state index contributed by atoms with van der Waals surface area (Å²) in [5, 5.41) is 8.69. The number of aryl methyl sites for hydroxylation is 2. The maximum absolute atomic E-state index is 13.1. The molecule has 1 heterocycles. The van der Waals surface area contributed by atoms with E-state index in [9.17, 15) is 14.4 Å². The van der Waals surface area contributed by atoms with Gasteiger partial charge >= 0.3 is 0 Å². The molecule has 0 atom stereocenters. The SMILES string of the molecule is CC#Cc1cc(C)c(C2C(=O)CC3(C=CN(C(=O)CC#N)CC3)CC2=O)c(C)c1. The maximum Gasteiger partial charge on any atom is 0.240 e. The largest absolute Gasteiger partial charge is 0.318 e. The van der Waals surface area contributed by atoms with Crippen LogP contribution in [0.1, 0.15) is 60.8 Å². The molecule has 5 heteroatoms. The second-order valence-electron chi connectivity index (χ2n) is 7.97. The number of benzene rings is 1. The summed E-state index contributed by atoms with van der Waals surface area (Å²) in [5.41, 5.74) is 3.00. The number of hydrogen-bond acceptors (Lipinski definition) is 4. The zero-order valence-electron chi connectivity index (χ0n) is 17.0. The van der Waals surface area contributed by atoms with Crippen LogP contribution in [0, 0.1) is 42.4 Å². The van der Waals surface area contributed by atoms with Gasteiger partial charge in [-0.15, -0.1) is 5.92 Å². The van der Waals surface area contributed by atoms with Gasteiger partial charge in [-0.1, -0.05) is 12.0 Å². The lowest BCUT2D eigenvalue weighted by molar-refractivity contribution is -0.136. The number of amides is 1. The molecule has 1 aromatic carbocycles. The minimum atomic E-state index is -0.726. The second kappa shape index (κ2) is 8.05. The third kappa shape index (κ3) is 4.00. The van der Waals surface area contributed by atoms with E-state index in [1.165, 1.54) is 4.90 Å². The molecule has 0 N–H and O–H groups in total. The summed E-state index contributed by atoms with van der Waals surface area (Å²) < 4.78 is 0. The number of rotatable bonds is 2. The van der Waals surface area contributed by atoms with E-state index in [0.717, 1.165) is 22.3 Å². The van der Waals surface area contributed by atoms with Crippen LogP contribution in [0.2, 0.25) is 0 Å². The quantitative estimate of drug-likeness (QED) is 0.575. The molecule has 1 aliphatic heterocycles. The van der Waals surface area contributed by atoms with E-state index in [1.807, 2.05) is 38.1 Å². The second-order valence-corrected chi connectivity index (χ2v) is 7.97. The molecule has 5 nitrogen and oxygen atoms in total. The van der Waals surface area contributed by atoms with Gasteiger partial charge in [0.2, 0.25) is 5.91 Å². The van der Waals surface area contributed by atoms with E-state index in [0.29, 0.717) is 13.0 Å². The first kappa shape index (κ1) is 20.6. The fourth-order valence-electron chi connectivity index (χ4n) is 4.53. The van der Waals surface area contributed by atoms with Gasteiger partial charge in [-0.05, 0) is 56.0 Å². The standard InChI is InChI=1S/C24H24N2O3/c1-4-5-18-12-16(2)22(17(3)13-18)23-19(27)14-24(15-20(23)28)7-10-26(11-8-24)21(29)6-9-25/h7,10,12-13,23H,6,8,11,14-15H2,1-3H3. The van der Waals surface area contributed by atoms with Crippen molar-refractivity contribution in [3.63, 3.8) is 0 Å². The lowest BCUT2D eigenvalue weighted by Gasteiger charge is -2.40. The predicted octanol–water partition coefficient (Wildman–Crippen LogP) is 3.34. The highest BCUT2D eigenvalue weighted by Crippen LogP contribution is 2.45. The lowest BCUT2D eigenvalue weighted by Crippen LogP contribution is -2.43. The zero-order valence-corrected chi connectivity index (χ0v) is 17.0. The third-order valence-electron chi connectivity index (χ3n) is 5.86. The molecule has 2 aliphatic rings.